The number of nitrogens with one attached hydrogen (secondary N) is 1. The third kappa shape index (κ3) is 3.59. The lowest BCUT2D eigenvalue weighted by Gasteiger charge is -2.41. The Morgan fingerprint density at radius 3 is 2.96 bits per heavy atom. The minimum Gasteiger partial charge on any atom is -0.381 e. The summed E-state index contributed by atoms with van der Waals surface area (Å²) in [5, 5.41) is 2.98. The van der Waals surface area contributed by atoms with Gasteiger partial charge in [-0.25, -0.2) is 0 Å². The second-order valence-electron chi connectivity index (χ2n) is 7.33. The summed E-state index contributed by atoms with van der Waals surface area (Å²) >= 11 is 0. The van der Waals surface area contributed by atoms with Crippen LogP contribution in [-0.2, 0) is 25.6 Å². The van der Waals surface area contributed by atoms with Crippen LogP contribution in [0.15, 0.2) is 24.5 Å². The number of ether oxygens (including phenoxy) is 2. The van der Waals surface area contributed by atoms with Gasteiger partial charge in [-0.15, -0.1) is 0 Å². The molecule has 0 aliphatic carbocycles. The van der Waals surface area contributed by atoms with Crippen LogP contribution in [0.3, 0.4) is 0 Å². The van der Waals surface area contributed by atoms with E-state index in [9.17, 15) is 9.59 Å². The normalized spacial score (nSPS) is 30.8. The van der Waals surface area contributed by atoms with Crippen molar-refractivity contribution in [2.45, 2.75) is 38.0 Å². The highest BCUT2D eigenvalue weighted by molar-refractivity contribution is 5.83. The maximum absolute atomic E-state index is 12.9. The van der Waals surface area contributed by atoms with E-state index < -0.39 is 0 Å². The number of carbonyl (C=O) groups excluding carboxylic acids is 2. The molecular formula is C19H25N3O4. The van der Waals surface area contributed by atoms with Crippen LogP contribution < -0.4 is 5.32 Å². The molecular weight excluding hydrogens is 334 g/mol. The second kappa shape index (κ2) is 7.72. The molecule has 4 rings (SSSR count). The molecule has 0 spiro atoms. The summed E-state index contributed by atoms with van der Waals surface area (Å²) in [6, 6.07) is 3.88. The quantitative estimate of drug-likeness (QED) is 0.858. The van der Waals surface area contributed by atoms with Gasteiger partial charge in [-0.2, -0.15) is 0 Å². The molecule has 1 aromatic heterocycles. The Balaban J connectivity index is 1.41. The molecule has 0 aromatic carbocycles. The van der Waals surface area contributed by atoms with Crippen LogP contribution in [0, 0.1) is 11.8 Å². The van der Waals surface area contributed by atoms with Crippen molar-refractivity contribution < 1.29 is 19.1 Å². The molecule has 7 heteroatoms. The van der Waals surface area contributed by atoms with Gasteiger partial charge in [0.2, 0.25) is 11.8 Å². The number of hydrogen-bond acceptors (Lipinski definition) is 5. The van der Waals surface area contributed by atoms with Crippen molar-refractivity contribution in [1.82, 2.24) is 15.2 Å². The van der Waals surface area contributed by atoms with E-state index in [-0.39, 0.29) is 35.8 Å². The Labute approximate surface area is 153 Å². The standard InChI is InChI=1S/C19H25N3O4/c23-18(21-10-13-2-1-5-20-9-13)15-8-17-16(4-7-26-17)22(11-15)19(24)14-3-6-25-12-14/h1-2,5,9,14-17H,3-4,6-8,10-12H2,(H,21,23)/t14?,15-,16-,17-/m1/s1. The summed E-state index contributed by atoms with van der Waals surface area (Å²) in [6.45, 7) is 2.71. The number of pyridine rings is 1. The molecule has 3 aliphatic heterocycles. The minimum absolute atomic E-state index is 0.0247. The van der Waals surface area contributed by atoms with Crippen LogP contribution in [0.2, 0.25) is 0 Å². The number of aromatic nitrogens is 1. The summed E-state index contributed by atoms with van der Waals surface area (Å²) in [5.41, 5.74) is 0.961. The fourth-order valence-electron chi connectivity index (χ4n) is 4.19. The van der Waals surface area contributed by atoms with Crippen molar-refractivity contribution >= 4 is 11.8 Å². The Hall–Kier alpha value is -1.99. The monoisotopic (exact) mass is 359 g/mol. The van der Waals surface area contributed by atoms with Gasteiger partial charge in [-0.1, -0.05) is 6.07 Å². The van der Waals surface area contributed by atoms with Crippen molar-refractivity contribution in [3.05, 3.63) is 30.1 Å². The largest absolute Gasteiger partial charge is 0.381 e. The van der Waals surface area contributed by atoms with Gasteiger partial charge in [0, 0.05) is 38.7 Å². The van der Waals surface area contributed by atoms with Crippen LogP contribution in [0.25, 0.3) is 0 Å². The van der Waals surface area contributed by atoms with E-state index in [1.165, 1.54) is 0 Å². The van der Waals surface area contributed by atoms with Crippen molar-refractivity contribution in [2.24, 2.45) is 11.8 Å². The fourth-order valence-corrected chi connectivity index (χ4v) is 4.19. The van der Waals surface area contributed by atoms with Crippen molar-refractivity contribution in [3.8, 4) is 0 Å². The molecule has 26 heavy (non-hydrogen) atoms. The first-order valence-corrected chi connectivity index (χ1v) is 9.39. The Kier molecular flexibility index (Phi) is 5.17. The maximum Gasteiger partial charge on any atom is 0.228 e. The summed E-state index contributed by atoms with van der Waals surface area (Å²) in [7, 11) is 0. The number of carbonyl (C=O) groups is 2. The van der Waals surface area contributed by atoms with E-state index in [4.69, 9.17) is 9.47 Å². The van der Waals surface area contributed by atoms with Crippen LogP contribution in [0.4, 0.5) is 0 Å². The van der Waals surface area contributed by atoms with Gasteiger partial charge in [-0.3, -0.25) is 14.6 Å². The first-order valence-electron chi connectivity index (χ1n) is 9.39. The molecule has 3 fully saturated rings. The van der Waals surface area contributed by atoms with Crippen molar-refractivity contribution in [2.75, 3.05) is 26.4 Å². The molecule has 3 aliphatic rings. The molecule has 140 valence electrons. The fraction of sp³-hybridized carbons (Fsp3) is 0.632. The van der Waals surface area contributed by atoms with Crippen LogP contribution in [0.5, 0.6) is 0 Å². The molecule has 4 heterocycles. The summed E-state index contributed by atoms with van der Waals surface area (Å²) in [6.07, 6.45) is 5.71. The number of likely N-dealkylation sites (tertiary alicyclic amines) is 1. The molecule has 1 N–H and O–H groups in total. The summed E-state index contributed by atoms with van der Waals surface area (Å²) < 4.78 is 11.2. The zero-order valence-electron chi connectivity index (χ0n) is 14.8. The third-order valence-corrected chi connectivity index (χ3v) is 5.63. The van der Waals surface area contributed by atoms with Crippen LogP contribution in [-0.4, -0.2) is 60.2 Å². The molecule has 3 saturated heterocycles. The average Bonchev–Trinajstić information content (AvgIpc) is 3.37. The molecule has 0 radical (unpaired) electrons. The number of fused-ring (bicyclic) bond motifs is 1. The molecule has 0 saturated carbocycles. The second-order valence-corrected chi connectivity index (χ2v) is 7.33. The zero-order valence-corrected chi connectivity index (χ0v) is 14.8. The van der Waals surface area contributed by atoms with Crippen LogP contribution >= 0.6 is 0 Å². The van der Waals surface area contributed by atoms with Gasteiger partial charge in [0.05, 0.1) is 30.6 Å². The van der Waals surface area contributed by atoms with E-state index in [0.29, 0.717) is 39.3 Å². The molecule has 2 amide bonds. The number of hydrogen-bond donors (Lipinski definition) is 1. The van der Waals surface area contributed by atoms with Gasteiger partial charge >= 0.3 is 0 Å². The predicted octanol–water partition coefficient (Wildman–Crippen LogP) is 0.740. The minimum atomic E-state index is -0.239. The number of amides is 2. The first-order chi connectivity index (χ1) is 12.7. The third-order valence-electron chi connectivity index (χ3n) is 5.63. The van der Waals surface area contributed by atoms with Crippen molar-refractivity contribution in [3.63, 3.8) is 0 Å². The Morgan fingerprint density at radius 2 is 2.19 bits per heavy atom. The number of nitrogens with zero attached hydrogens (tertiary/aromatic N) is 2. The van der Waals surface area contributed by atoms with Gasteiger partial charge < -0.3 is 19.7 Å². The highest BCUT2D eigenvalue weighted by Gasteiger charge is 2.45. The molecule has 1 unspecified atom stereocenters. The predicted molar refractivity (Wildman–Crippen MR) is 93.0 cm³/mol. The Morgan fingerprint density at radius 1 is 1.27 bits per heavy atom. The summed E-state index contributed by atoms with van der Waals surface area (Å²) in [5.74, 6) is -0.221. The lowest BCUT2D eigenvalue weighted by molar-refractivity contribution is -0.145. The average molecular weight is 359 g/mol. The zero-order chi connectivity index (χ0) is 17.9. The Bertz CT molecular complexity index is 647. The van der Waals surface area contributed by atoms with Crippen molar-refractivity contribution in [1.29, 1.82) is 0 Å². The first kappa shape index (κ1) is 17.4. The molecule has 7 nitrogen and oxygen atoms in total. The topological polar surface area (TPSA) is 80.8 Å². The van der Waals surface area contributed by atoms with E-state index in [1.54, 1.807) is 12.4 Å². The maximum atomic E-state index is 12.9. The highest BCUT2D eigenvalue weighted by Crippen LogP contribution is 2.33. The van der Waals surface area contributed by atoms with E-state index >= 15 is 0 Å². The van der Waals surface area contributed by atoms with E-state index in [2.05, 4.69) is 10.3 Å². The summed E-state index contributed by atoms with van der Waals surface area (Å²) in [4.78, 5) is 31.6. The number of piperidine rings is 1. The molecule has 0 bridgehead atoms. The smallest absolute Gasteiger partial charge is 0.228 e. The molecule has 1 aromatic rings. The highest BCUT2D eigenvalue weighted by atomic mass is 16.5. The number of rotatable bonds is 4. The van der Waals surface area contributed by atoms with Gasteiger partial charge in [0.1, 0.15) is 0 Å². The van der Waals surface area contributed by atoms with E-state index in [0.717, 1.165) is 18.4 Å². The molecule has 4 atom stereocenters. The van der Waals surface area contributed by atoms with Gasteiger partial charge in [0.25, 0.3) is 0 Å². The van der Waals surface area contributed by atoms with Crippen LogP contribution in [0.1, 0.15) is 24.8 Å². The van der Waals surface area contributed by atoms with E-state index in [1.807, 2.05) is 17.0 Å². The lowest BCUT2D eigenvalue weighted by atomic mass is 9.88. The SMILES string of the molecule is O=C(NCc1cccnc1)[C@@H]1C[C@H]2OCC[C@H]2N(C(=O)C2CCOC2)C1. The van der Waals surface area contributed by atoms with Gasteiger partial charge in [0.15, 0.2) is 0 Å². The lowest BCUT2D eigenvalue weighted by Crippen LogP contribution is -2.56. The van der Waals surface area contributed by atoms with Gasteiger partial charge in [-0.05, 0) is 30.9 Å².